The highest BCUT2D eigenvalue weighted by Crippen LogP contribution is 2.29. The second kappa shape index (κ2) is 12.4. The van der Waals surface area contributed by atoms with Gasteiger partial charge >= 0.3 is 6.18 Å². The lowest BCUT2D eigenvalue weighted by Crippen LogP contribution is -2.47. The maximum atomic E-state index is 12.9. The number of aromatic nitrogens is 1. The van der Waals surface area contributed by atoms with Gasteiger partial charge in [-0.05, 0) is 57.0 Å². The fraction of sp³-hybridized carbons (Fsp3) is 0.556. The van der Waals surface area contributed by atoms with E-state index in [1.807, 2.05) is 4.90 Å². The highest BCUT2D eigenvalue weighted by molar-refractivity contribution is 5.76. The van der Waals surface area contributed by atoms with E-state index >= 15 is 0 Å². The first kappa shape index (κ1) is 27.8. The van der Waals surface area contributed by atoms with E-state index in [0.29, 0.717) is 25.2 Å². The molecule has 2 aromatic rings. The van der Waals surface area contributed by atoms with Crippen LogP contribution in [0.2, 0.25) is 0 Å². The van der Waals surface area contributed by atoms with E-state index in [1.54, 1.807) is 6.07 Å². The lowest BCUT2D eigenvalue weighted by Gasteiger charge is -2.36. The molecule has 1 N–H and O–H groups in total. The van der Waals surface area contributed by atoms with Crippen molar-refractivity contribution in [3.8, 4) is 0 Å². The van der Waals surface area contributed by atoms with Crippen molar-refractivity contribution < 1.29 is 18.0 Å². The van der Waals surface area contributed by atoms with Crippen molar-refractivity contribution in [2.75, 3.05) is 56.0 Å². The molecule has 4 rings (SSSR count). The van der Waals surface area contributed by atoms with Crippen LogP contribution in [-0.2, 0) is 11.0 Å². The monoisotopic (exact) mass is 505 g/mol. The fourth-order valence-corrected chi connectivity index (χ4v) is 4.78. The Morgan fingerprint density at radius 2 is 1.69 bits per heavy atom. The number of nitrogens with zero attached hydrogens (tertiary/aromatic N) is 4. The lowest BCUT2D eigenvalue weighted by molar-refractivity contribution is -0.141. The van der Waals surface area contributed by atoms with Gasteiger partial charge in [0.15, 0.2) is 0 Å². The molecule has 198 valence electrons. The van der Waals surface area contributed by atoms with Crippen LogP contribution in [-0.4, -0.2) is 72.5 Å². The molecule has 6 nitrogen and oxygen atoms in total. The normalized spacial score (nSPS) is 17.6. The minimum absolute atomic E-state index is 0. The summed E-state index contributed by atoms with van der Waals surface area (Å²) in [6, 6.07) is 11.3. The van der Waals surface area contributed by atoms with Crippen LogP contribution in [0.4, 0.5) is 24.5 Å². The van der Waals surface area contributed by atoms with Crippen molar-refractivity contribution in [2.24, 2.45) is 0 Å². The van der Waals surface area contributed by atoms with Gasteiger partial charge in [-0.25, -0.2) is 0 Å². The highest BCUT2D eigenvalue weighted by Gasteiger charge is 2.32. The number of halogens is 3. The third-order valence-electron chi connectivity index (χ3n) is 6.91. The first-order valence-electron chi connectivity index (χ1n) is 12.4. The van der Waals surface area contributed by atoms with E-state index < -0.39 is 11.9 Å². The number of hydrogen-bond acceptors (Lipinski definition) is 5. The largest absolute Gasteiger partial charge is 0.433 e. The molecule has 0 bridgehead atoms. The van der Waals surface area contributed by atoms with Gasteiger partial charge in [0, 0.05) is 69.3 Å². The molecule has 3 heterocycles. The van der Waals surface area contributed by atoms with Crippen molar-refractivity contribution in [1.29, 1.82) is 0 Å². The Bertz CT molecular complexity index is 966. The number of piperazine rings is 1. The van der Waals surface area contributed by atoms with Gasteiger partial charge in [-0.1, -0.05) is 25.1 Å². The predicted molar refractivity (Wildman–Crippen MR) is 138 cm³/mol. The number of pyridine rings is 1. The minimum atomic E-state index is -4.46. The smallest absolute Gasteiger partial charge is 0.382 e. The van der Waals surface area contributed by atoms with Crippen molar-refractivity contribution in [3.63, 3.8) is 0 Å². The molecule has 1 aromatic carbocycles. The molecule has 0 spiro atoms. The van der Waals surface area contributed by atoms with Crippen LogP contribution >= 0.6 is 0 Å². The van der Waals surface area contributed by atoms with Crippen LogP contribution in [0.1, 0.15) is 44.4 Å². The SMILES string of the molecule is C.Cc1ccc(N2CCN(CCCC(=O)N3CCC(Nc4ccnc(C(F)(F)F)c4)CC3)CC2)cc1. The number of piperidine rings is 1. The van der Waals surface area contributed by atoms with Crippen molar-refractivity contribution in [3.05, 3.63) is 53.9 Å². The Kier molecular flexibility index (Phi) is 9.59. The van der Waals surface area contributed by atoms with E-state index in [4.69, 9.17) is 0 Å². The number of nitrogens with one attached hydrogen (secondary N) is 1. The summed E-state index contributed by atoms with van der Waals surface area (Å²) in [5, 5.41) is 3.17. The molecule has 0 saturated carbocycles. The standard InChI is InChI=1S/C26H34F3N5O.CH4/c1-20-4-6-23(7-5-20)33-17-15-32(16-18-33)12-2-3-25(35)34-13-9-21(10-14-34)31-22-8-11-30-24(19-22)26(27,28)29;/h4-8,11,19,21H,2-3,9-10,12-18H2,1H3,(H,30,31);1H4. The van der Waals surface area contributed by atoms with E-state index in [1.165, 1.54) is 17.4 Å². The maximum absolute atomic E-state index is 12.9. The van der Waals surface area contributed by atoms with Gasteiger partial charge < -0.3 is 15.1 Å². The summed E-state index contributed by atoms with van der Waals surface area (Å²) < 4.78 is 38.6. The van der Waals surface area contributed by atoms with Crippen LogP contribution in [0, 0.1) is 6.92 Å². The first-order chi connectivity index (χ1) is 16.8. The molecule has 36 heavy (non-hydrogen) atoms. The molecular weight excluding hydrogens is 467 g/mol. The van der Waals surface area contributed by atoms with Crippen molar-refractivity contribution in [1.82, 2.24) is 14.8 Å². The Morgan fingerprint density at radius 1 is 1.03 bits per heavy atom. The molecule has 2 fully saturated rings. The summed E-state index contributed by atoms with van der Waals surface area (Å²) in [5.41, 5.74) is 2.06. The number of benzene rings is 1. The number of carbonyl (C=O) groups is 1. The molecule has 0 unspecified atom stereocenters. The summed E-state index contributed by atoms with van der Waals surface area (Å²) >= 11 is 0. The summed E-state index contributed by atoms with van der Waals surface area (Å²) in [6.07, 6.45) is -0.463. The third-order valence-corrected chi connectivity index (χ3v) is 6.91. The summed E-state index contributed by atoms with van der Waals surface area (Å²) in [7, 11) is 0. The van der Waals surface area contributed by atoms with Gasteiger partial charge in [-0.3, -0.25) is 14.7 Å². The molecular formula is C27H38F3N5O. The van der Waals surface area contributed by atoms with Crippen LogP contribution in [0.15, 0.2) is 42.6 Å². The van der Waals surface area contributed by atoms with Gasteiger partial charge in [0.2, 0.25) is 5.91 Å². The second-order valence-corrected chi connectivity index (χ2v) is 9.49. The number of hydrogen-bond donors (Lipinski definition) is 1. The quantitative estimate of drug-likeness (QED) is 0.571. The zero-order chi connectivity index (χ0) is 24.8. The molecule has 1 amide bonds. The predicted octanol–water partition coefficient (Wildman–Crippen LogP) is 5.05. The molecule has 0 radical (unpaired) electrons. The topological polar surface area (TPSA) is 51.7 Å². The summed E-state index contributed by atoms with van der Waals surface area (Å²) in [4.78, 5) is 22.8. The Hall–Kier alpha value is -2.81. The summed E-state index contributed by atoms with van der Waals surface area (Å²) in [5.74, 6) is 0.171. The zero-order valence-corrected chi connectivity index (χ0v) is 20.2. The van der Waals surface area contributed by atoms with Crippen LogP contribution in [0.25, 0.3) is 0 Å². The Labute approximate surface area is 212 Å². The lowest BCUT2D eigenvalue weighted by atomic mass is 10.0. The zero-order valence-electron chi connectivity index (χ0n) is 20.2. The van der Waals surface area contributed by atoms with Gasteiger partial charge in [0.25, 0.3) is 0 Å². The number of amides is 1. The highest BCUT2D eigenvalue weighted by atomic mass is 19.4. The van der Waals surface area contributed by atoms with Crippen molar-refractivity contribution >= 4 is 17.3 Å². The molecule has 2 aliphatic heterocycles. The van der Waals surface area contributed by atoms with Crippen LogP contribution in [0.5, 0.6) is 0 Å². The third kappa shape index (κ3) is 7.59. The van der Waals surface area contributed by atoms with E-state index in [-0.39, 0.29) is 19.4 Å². The average molecular weight is 506 g/mol. The number of likely N-dealkylation sites (tertiary alicyclic amines) is 1. The first-order valence-corrected chi connectivity index (χ1v) is 12.4. The van der Waals surface area contributed by atoms with Crippen LogP contribution in [0.3, 0.4) is 0 Å². The molecule has 0 aliphatic carbocycles. The number of anilines is 2. The van der Waals surface area contributed by atoms with Gasteiger partial charge in [0.1, 0.15) is 5.69 Å². The number of rotatable bonds is 7. The van der Waals surface area contributed by atoms with E-state index in [2.05, 4.69) is 51.3 Å². The summed E-state index contributed by atoms with van der Waals surface area (Å²) in [6.45, 7) is 8.29. The van der Waals surface area contributed by atoms with Crippen LogP contribution < -0.4 is 10.2 Å². The molecule has 0 atom stereocenters. The number of carbonyl (C=O) groups excluding carboxylic acids is 1. The average Bonchev–Trinajstić information content (AvgIpc) is 2.85. The fourth-order valence-electron chi connectivity index (χ4n) is 4.78. The second-order valence-electron chi connectivity index (χ2n) is 9.49. The van der Waals surface area contributed by atoms with Gasteiger partial charge in [-0.2, -0.15) is 13.2 Å². The maximum Gasteiger partial charge on any atom is 0.433 e. The number of alkyl halides is 3. The Balaban J connectivity index is 0.00000361. The van der Waals surface area contributed by atoms with Gasteiger partial charge in [0.05, 0.1) is 0 Å². The van der Waals surface area contributed by atoms with E-state index in [9.17, 15) is 18.0 Å². The van der Waals surface area contributed by atoms with Gasteiger partial charge in [-0.15, -0.1) is 0 Å². The molecule has 2 saturated heterocycles. The minimum Gasteiger partial charge on any atom is -0.382 e. The van der Waals surface area contributed by atoms with Crippen molar-refractivity contribution in [2.45, 2.75) is 52.3 Å². The Morgan fingerprint density at radius 3 is 2.33 bits per heavy atom. The molecule has 9 heteroatoms. The molecule has 1 aromatic heterocycles. The van der Waals surface area contributed by atoms with E-state index in [0.717, 1.165) is 58.1 Å². The number of aryl methyl sites for hydroxylation is 1. The molecule has 2 aliphatic rings.